The largest absolute Gasteiger partial charge is 0.309 e. The number of rotatable bonds is 4. The molecule has 0 aromatic heterocycles. The second kappa shape index (κ2) is 6.58. The molecule has 18 heavy (non-hydrogen) atoms. The summed E-state index contributed by atoms with van der Waals surface area (Å²) < 4.78 is 13.2. The highest BCUT2D eigenvalue weighted by Gasteiger charge is 2.26. The summed E-state index contributed by atoms with van der Waals surface area (Å²) in [6.45, 7) is 5.11. The van der Waals surface area contributed by atoms with Gasteiger partial charge >= 0.3 is 0 Å². The third-order valence-electron chi connectivity index (χ3n) is 3.58. The fourth-order valence-corrected chi connectivity index (χ4v) is 4.12. The quantitative estimate of drug-likeness (QED) is 0.882. The first-order valence-electron chi connectivity index (χ1n) is 6.83. The molecular weight excluding hydrogens is 245 g/mol. The first-order chi connectivity index (χ1) is 8.72. The second-order valence-electron chi connectivity index (χ2n) is 4.94. The fourth-order valence-electron chi connectivity index (χ4n) is 2.68. The van der Waals surface area contributed by atoms with Crippen LogP contribution < -0.4 is 5.32 Å². The number of hydrogen-bond acceptors (Lipinski definition) is 2. The number of aryl methyl sites for hydroxylation is 1. The molecule has 2 unspecified atom stereocenters. The van der Waals surface area contributed by atoms with E-state index < -0.39 is 0 Å². The Morgan fingerprint density at radius 2 is 2.28 bits per heavy atom. The van der Waals surface area contributed by atoms with Gasteiger partial charge in [0, 0.05) is 11.3 Å². The van der Waals surface area contributed by atoms with Gasteiger partial charge in [-0.05, 0) is 55.3 Å². The molecule has 2 atom stereocenters. The van der Waals surface area contributed by atoms with Gasteiger partial charge in [-0.25, -0.2) is 4.39 Å². The molecule has 3 heteroatoms. The Labute approximate surface area is 114 Å². The summed E-state index contributed by atoms with van der Waals surface area (Å²) in [5, 5.41) is 4.21. The van der Waals surface area contributed by atoms with E-state index in [1.54, 1.807) is 12.1 Å². The number of halogens is 1. The maximum absolute atomic E-state index is 13.2. The Balaban J connectivity index is 2.22. The Bertz CT molecular complexity index is 388. The molecule has 2 rings (SSSR count). The highest BCUT2D eigenvalue weighted by atomic mass is 32.2. The maximum Gasteiger partial charge on any atom is 0.123 e. The average Bonchev–Trinajstić information content (AvgIpc) is 2.38. The molecule has 1 nitrogen and oxygen atoms in total. The van der Waals surface area contributed by atoms with Crippen molar-refractivity contribution in [3.63, 3.8) is 0 Å². The molecule has 0 radical (unpaired) electrons. The van der Waals surface area contributed by atoms with Crippen molar-refractivity contribution in [3.8, 4) is 0 Å². The normalized spacial score (nSPS) is 21.8. The van der Waals surface area contributed by atoms with Gasteiger partial charge in [0.25, 0.3) is 0 Å². The van der Waals surface area contributed by atoms with Crippen molar-refractivity contribution in [2.75, 3.05) is 12.3 Å². The van der Waals surface area contributed by atoms with Crippen molar-refractivity contribution in [2.45, 2.75) is 44.4 Å². The topological polar surface area (TPSA) is 12.0 Å². The molecule has 1 saturated heterocycles. The lowest BCUT2D eigenvalue weighted by molar-refractivity contribution is 0.488. The van der Waals surface area contributed by atoms with Gasteiger partial charge in [-0.15, -0.1) is 0 Å². The predicted molar refractivity (Wildman–Crippen MR) is 77.7 cm³/mol. The van der Waals surface area contributed by atoms with Crippen molar-refractivity contribution in [3.05, 3.63) is 35.1 Å². The molecule has 0 bridgehead atoms. The van der Waals surface area contributed by atoms with Crippen LogP contribution in [0.4, 0.5) is 4.39 Å². The van der Waals surface area contributed by atoms with E-state index in [9.17, 15) is 4.39 Å². The third-order valence-corrected chi connectivity index (χ3v) is 5.04. The standard InChI is InChI=1S/C15H22FNS/c1-3-17-15(14-6-4-5-9-18-14)13-8-7-12(16)10-11(13)2/h7-8,10,14-15,17H,3-6,9H2,1-2H3. The van der Waals surface area contributed by atoms with E-state index in [-0.39, 0.29) is 5.82 Å². The summed E-state index contributed by atoms with van der Waals surface area (Å²) in [5.41, 5.74) is 2.32. The van der Waals surface area contributed by atoms with Gasteiger partial charge in [0.1, 0.15) is 5.82 Å². The minimum Gasteiger partial charge on any atom is -0.309 e. The summed E-state index contributed by atoms with van der Waals surface area (Å²) in [5.74, 6) is 1.12. The van der Waals surface area contributed by atoms with Crippen LogP contribution in [0.1, 0.15) is 43.4 Å². The molecule has 0 amide bonds. The number of hydrogen-bond donors (Lipinski definition) is 1. The van der Waals surface area contributed by atoms with Gasteiger partial charge in [-0.2, -0.15) is 11.8 Å². The Morgan fingerprint density at radius 1 is 1.44 bits per heavy atom. The van der Waals surface area contributed by atoms with Crippen LogP contribution in [0.15, 0.2) is 18.2 Å². The molecule has 1 fully saturated rings. The van der Waals surface area contributed by atoms with E-state index in [0.29, 0.717) is 11.3 Å². The zero-order valence-electron chi connectivity index (χ0n) is 11.2. The van der Waals surface area contributed by atoms with E-state index in [1.807, 2.05) is 13.0 Å². The molecule has 1 N–H and O–H groups in total. The van der Waals surface area contributed by atoms with Crippen LogP contribution in [0.5, 0.6) is 0 Å². The number of benzene rings is 1. The lowest BCUT2D eigenvalue weighted by Crippen LogP contribution is -2.32. The zero-order chi connectivity index (χ0) is 13.0. The summed E-state index contributed by atoms with van der Waals surface area (Å²) in [6, 6.07) is 5.54. The second-order valence-corrected chi connectivity index (χ2v) is 6.29. The van der Waals surface area contributed by atoms with Crippen LogP contribution in [-0.2, 0) is 0 Å². The Kier molecular flexibility index (Phi) is 5.07. The van der Waals surface area contributed by atoms with E-state index in [4.69, 9.17) is 0 Å². The highest BCUT2D eigenvalue weighted by Crippen LogP contribution is 2.35. The van der Waals surface area contributed by atoms with E-state index in [1.165, 1.54) is 30.6 Å². The SMILES string of the molecule is CCNC(c1ccc(F)cc1C)C1CCCCS1. The molecule has 0 spiro atoms. The fraction of sp³-hybridized carbons (Fsp3) is 0.600. The minimum atomic E-state index is -0.136. The summed E-state index contributed by atoms with van der Waals surface area (Å²) in [6.07, 6.45) is 3.92. The molecule has 1 aliphatic heterocycles. The molecular formula is C15H22FNS. The average molecular weight is 267 g/mol. The number of thioether (sulfide) groups is 1. The van der Waals surface area contributed by atoms with Crippen molar-refractivity contribution in [1.82, 2.24) is 5.32 Å². The highest BCUT2D eigenvalue weighted by molar-refractivity contribution is 8.00. The van der Waals surface area contributed by atoms with Crippen LogP contribution in [0.3, 0.4) is 0 Å². The minimum absolute atomic E-state index is 0.136. The lowest BCUT2D eigenvalue weighted by atomic mass is 9.95. The van der Waals surface area contributed by atoms with Crippen molar-refractivity contribution in [1.29, 1.82) is 0 Å². The molecule has 1 heterocycles. The lowest BCUT2D eigenvalue weighted by Gasteiger charge is -2.31. The molecule has 1 aromatic carbocycles. The van der Waals surface area contributed by atoms with Gasteiger partial charge in [-0.1, -0.05) is 19.4 Å². The Hall–Kier alpha value is -0.540. The van der Waals surface area contributed by atoms with E-state index in [0.717, 1.165) is 12.1 Å². The molecule has 1 aromatic rings. The van der Waals surface area contributed by atoms with Gasteiger partial charge in [0.05, 0.1) is 0 Å². The first kappa shape index (κ1) is 13.9. The van der Waals surface area contributed by atoms with Crippen LogP contribution >= 0.6 is 11.8 Å². The first-order valence-corrected chi connectivity index (χ1v) is 7.88. The maximum atomic E-state index is 13.2. The van der Waals surface area contributed by atoms with Crippen molar-refractivity contribution >= 4 is 11.8 Å². The van der Waals surface area contributed by atoms with Crippen LogP contribution in [-0.4, -0.2) is 17.5 Å². The van der Waals surface area contributed by atoms with Crippen LogP contribution in [0.2, 0.25) is 0 Å². The molecule has 1 aliphatic rings. The van der Waals surface area contributed by atoms with Crippen molar-refractivity contribution < 1.29 is 4.39 Å². The van der Waals surface area contributed by atoms with Gasteiger partial charge < -0.3 is 5.32 Å². The smallest absolute Gasteiger partial charge is 0.123 e. The number of nitrogens with one attached hydrogen (secondary N) is 1. The van der Waals surface area contributed by atoms with Gasteiger partial charge in [-0.3, -0.25) is 0 Å². The van der Waals surface area contributed by atoms with Gasteiger partial charge in [0.15, 0.2) is 0 Å². The van der Waals surface area contributed by atoms with Gasteiger partial charge in [0.2, 0.25) is 0 Å². The third kappa shape index (κ3) is 3.27. The summed E-state index contributed by atoms with van der Waals surface area (Å²) in [4.78, 5) is 0. The molecule has 100 valence electrons. The predicted octanol–water partition coefficient (Wildman–Crippen LogP) is 4.07. The van der Waals surface area contributed by atoms with Crippen LogP contribution in [0, 0.1) is 12.7 Å². The van der Waals surface area contributed by atoms with E-state index >= 15 is 0 Å². The van der Waals surface area contributed by atoms with E-state index in [2.05, 4.69) is 24.0 Å². The van der Waals surface area contributed by atoms with Crippen molar-refractivity contribution in [2.24, 2.45) is 0 Å². The monoisotopic (exact) mass is 267 g/mol. The molecule has 0 saturated carbocycles. The summed E-state index contributed by atoms with van der Waals surface area (Å²) in [7, 11) is 0. The Morgan fingerprint density at radius 3 is 2.89 bits per heavy atom. The summed E-state index contributed by atoms with van der Waals surface area (Å²) >= 11 is 2.06. The zero-order valence-corrected chi connectivity index (χ0v) is 12.0. The molecule has 0 aliphatic carbocycles. The van der Waals surface area contributed by atoms with Crippen LogP contribution in [0.25, 0.3) is 0 Å².